The molecular weight excluding hydrogens is 329 g/mol. The molecule has 1 unspecified atom stereocenters. The fourth-order valence-corrected chi connectivity index (χ4v) is 3.33. The minimum atomic E-state index is -0.187. The maximum atomic E-state index is 13.9. The topological polar surface area (TPSA) is 26.8 Å². The molecule has 4 nitrogen and oxygen atoms in total. The zero-order valence-corrected chi connectivity index (χ0v) is 15.4. The number of anilines is 1. The minimum absolute atomic E-state index is 0.0448. The second-order valence-corrected chi connectivity index (χ2v) is 6.81. The lowest BCUT2D eigenvalue weighted by Gasteiger charge is -2.37. The molecule has 1 fully saturated rings. The lowest BCUT2D eigenvalue weighted by molar-refractivity contribution is -0.133. The van der Waals surface area contributed by atoms with Crippen LogP contribution in [0, 0.1) is 5.82 Å². The molecule has 0 radical (unpaired) electrons. The van der Waals surface area contributed by atoms with E-state index in [-0.39, 0.29) is 17.8 Å². The van der Waals surface area contributed by atoms with Crippen molar-refractivity contribution in [2.24, 2.45) is 0 Å². The molecule has 0 N–H and O–H groups in total. The third-order valence-electron chi connectivity index (χ3n) is 5.18. The fourth-order valence-electron chi connectivity index (χ4n) is 3.33. The highest BCUT2D eigenvalue weighted by Gasteiger charge is 2.23. The maximum absolute atomic E-state index is 13.9. The van der Waals surface area contributed by atoms with Gasteiger partial charge in [-0.05, 0) is 24.6 Å². The van der Waals surface area contributed by atoms with E-state index in [0.29, 0.717) is 12.2 Å². The molecule has 2 aromatic carbocycles. The van der Waals surface area contributed by atoms with Crippen molar-refractivity contribution in [2.45, 2.75) is 13.0 Å². The molecule has 3 rings (SSSR count). The Morgan fingerprint density at radius 3 is 2.31 bits per heavy atom. The Bertz CT molecular complexity index is 729. The van der Waals surface area contributed by atoms with Crippen LogP contribution >= 0.6 is 0 Å². The van der Waals surface area contributed by atoms with Gasteiger partial charge in [0.05, 0.1) is 18.3 Å². The number of carbonyl (C=O) groups is 1. The summed E-state index contributed by atoms with van der Waals surface area (Å²) in [6, 6.07) is 17.0. The van der Waals surface area contributed by atoms with Gasteiger partial charge in [-0.15, -0.1) is 0 Å². The molecule has 1 aliphatic rings. The Hall–Kier alpha value is -2.40. The first kappa shape index (κ1) is 18.4. The third-order valence-corrected chi connectivity index (χ3v) is 5.18. The molecule has 138 valence electrons. The normalized spacial score (nSPS) is 16.3. The molecule has 1 atom stereocenters. The molecule has 5 heteroatoms. The molecule has 2 aromatic rings. The Kier molecular flexibility index (Phi) is 5.89. The van der Waals surface area contributed by atoms with E-state index < -0.39 is 0 Å². The molecule has 1 heterocycles. The van der Waals surface area contributed by atoms with Crippen molar-refractivity contribution in [3.8, 4) is 0 Å². The lowest BCUT2D eigenvalue weighted by Crippen LogP contribution is -2.50. The number of carbonyl (C=O) groups excluding carboxylic acids is 1. The highest BCUT2D eigenvalue weighted by atomic mass is 19.1. The van der Waals surface area contributed by atoms with Crippen molar-refractivity contribution in [3.05, 3.63) is 66.0 Å². The molecule has 0 spiro atoms. The average Bonchev–Trinajstić information content (AvgIpc) is 2.68. The monoisotopic (exact) mass is 355 g/mol. The summed E-state index contributed by atoms with van der Waals surface area (Å²) in [5.74, 6) is -0.0749. The van der Waals surface area contributed by atoms with Gasteiger partial charge < -0.3 is 9.80 Å². The van der Waals surface area contributed by atoms with Crippen LogP contribution < -0.4 is 4.90 Å². The number of hydrogen-bond donors (Lipinski definition) is 0. The van der Waals surface area contributed by atoms with Crippen molar-refractivity contribution in [3.63, 3.8) is 0 Å². The lowest BCUT2D eigenvalue weighted by atomic mass is 10.1. The summed E-state index contributed by atoms with van der Waals surface area (Å²) >= 11 is 0. The molecule has 0 bridgehead atoms. The van der Waals surface area contributed by atoms with Gasteiger partial charge in [0.25, 0.3) is 0 Å². The van der Waals surface area contributed by atoms with Crippen molar-refractivity contribution in [1.82, 2.24) is 9.80 Å². The van der Waals surface area contributed by atoms with E-state index in [1.54, 1.807) is 11.0 Å². The molecule has 1 saturated heterocycles. The molecular formula is C21H26FN3O. The van der Waals surface area contributed by atoms with Gasteiger partial charge in [0.2, 0.25) is 5.91 Å². The number of likely N-dealkylation sites (N-methyl/N-ethyl adjacent to an activating group) is 1. The van der Waals surface area contributed by atoms with Gasteiger partial charge in [-0.25, -0.2) is 4.39 Å². The molecule has 26 heavy (non-hydrogen) atoms. The van der Waals surface area contributed by atoms with Gasteiger partial charge >= 0.3 is 0 Å². The Balaban J connectivity index is 1.52. The minimum Gasteiger partial charge on any atom is -0.367 e. The second kappa shape index (κ2) is 8.32. The number of halogens is 1. The van der Waals surface area contributed by atoms with E-state index in [9.17, 15) is 9.18 Å². The molecule has 0 aliphatic carbocycles. The summed E-state index contributed by atoms with van der Waals surface area (Å²) in [5.41, 5.74) is 1.78. The maximum Gasteiger partial charge on any atom is 0.236 e. The quantitative estimate of drug-likeness (QED) is 0.824. The first-order valence-electron chi connectivity index (χ1n) is 9.08. The van der Waals surface area contributed by atoms with E-state index in [2.05, 4.69) is 4.90 Å². The summed E-state index contributed by atoms with van der Waals surface area (Å²) < 4.78 is 13.9. The Morgan fingerprint density at radius 1 is 1.04 bits per heavy atom. The summed E-state index contributed by atoms with van der Waals surface area (Å²) in [7, 11) is 1.86. The van der Waals surface area contributed by atoms with E-state index in [1.165, 1.54) is 6.07 Å². The molecule has 0 saturated carbocycles. The highest BCUT2D eigenvalue weighted by molar-refractivity contribution is 5.78. The van der Waals surface area contributed by atoms with Crippen molar-refractivity contribution in [1.29, 1.82) is 0 Å². The Labute approximate surface area is 154 Å². The van der Waals surface area contributed by atoms with Crippen molar-refractivity contribution in [2.75, 3.05) is 44.7 Å². The first-order chi connectivity index (χ1) is 12.6. The van der Waals surface area contributed by atoms with E-state index in [1.807, 2.05) is 61.3 Å². The number of hydrogen-bond acceptors (Lipinski definition) is 3. The van der Waals surface area contributed by atoms with Gasteiger partial charge in [-0.2, -0.15) is 0 Å². The molecule has 1 amide bonds. The van der Waals surface area contributed by atoms with E-state index >= 15 is 0 Å². The summed E-state index contributed by atoms with van der Waals surface area (Å²) in [6.07, 6.45) is 0. The van der Waals surface area contributed by atoms with Crippen LogP contribution in [-0.2, 0) is 4.79 Å². The summed E-state index contributed by atoms with van der Waals surface area (Å²) in [4.78, 5) is 18.6. The third kappa shape index (κ3) is 4.22. The number of nitrogens with zero attached hydrogens (tertiary/aromatic N) is 3. The molecule has 0 aromatic heterocycles. The standard InChI is InChI=1S/C21H26FN3O/c1-17(18-8-4-3-5-9-18)23(2)21(26)16-24-12-14-25(15-13-24)20-11-7-6-10-19(20)22/h3-11,17H,12-16H2,1-2H3. The van der Waals surface area contributed by atoms with E-state index in [0.717, 1.165) is 31.7 Å². The van der Waals surface area contributed by atoms with E-state index in [4.69, 9.17) is 0 Å². The highest BCUT2D eigenvalue weighted by Crippen LogP contribution is 2.21. The van der Waals surface area contributed by atoms with Gasteiger partial charge in [0.15, 0.2) is 0 Å². The van der Waals surface area contributed by atoms with Crippen LogP contribution in [0.4, 0.5) is 10.1 Å². The average molecular weight is 355 g/mol. The van der Waals surface area contributed by atoms with Crippen LogP contribution in [0.2, 0.25) is 0 Å². The van der Waals surface area contributed by atoms with Gasteiger partial charge in [0, 0.05) is 33.2 Å². The number of amides is 1. The first-order valence-corrected chi connectivity index (χ1v) is 9.08. The smallest absolute Gasteiger partial charge is 0.236 e. The zero-order chi connectivity index (χ0) is 18.5. The second-order valence-electron chi connectivity index (χ2n) is 6.81. The predicted octanol–water partition coefficient (Wildman–Crippen LogP) is 3.17. The van der Waals surface area contributed by atoms with Crippen LogP contribution in [0.25, 0.3) is 0 Å². The summed E-state index contributed by atoms with van der Waals surface area (Å²) in [6.45, 7) is 5.42. The Morgan fingerprint density at radius 2 is 1.65 bits per heavy atom. The zero-order valence-electron chi connectivity index (χ0n) is 15.4. The van der Waals surface area contributed by atoms with Crippen LogP contribution in [0.15, 0.2) is 54.6 Å². The largest absolute Gasteiger partial charge is 0.367 e. The van der Waals surface area contributed by atoms with Crippen molar-refractivity contribution < 1.29 is 9.18 Å². The number of para-hydroxylation sites is 1. The summed E-state index contributed by atoms with van der Waals surface area (Å²) in [5, 5.41) is 0. The van der Waals surface area contributed by atoms with Gasteiger partial charge in [0.1, 0.15) is 5.82 Å². The van der Waals surface area contributed by atoms with Gasteiger partial charge in [-0.3, -0.25) is 9.69 Å². The van der Waals surface area contributed by atoms with Crippen LogP contribution in [-0.4, -0.2) is 55.5 Å². The van der Waals surface area contributed by atoms with Crippen LogP contribution in [0.1, 0.15) is 18.5 Å². The van der Waals surface area contributed by atoms with Gasteiger partial charge in [-0.1, -0.05) is 42.5 Å². The SMILES string of the molecule is CC(c1ccccc1)N(C)C(=O)CN1CCN(c2ccccc2F)CC1. The fraction of sp³-hybridized carbons (Fsp3) is 0.381. The molecule has 1 aliphatic heterocycles. The number of piperazine rings is 1. The van der Waals surface area contributed by atoms with Crippen LogP contribution in [0.3, 0.4) is 0 Å². The number of benzene rings is 2. The van der Waals surface area contributed by atoms with Crippen molar-refractivity contribution >= 4 is 11.6 Å². The van der Waals surface area contributed by atoms with Crippen LogP contribution in [0.5, 0.6) is 0 Å². The number of rotatable bonds is 5. The predicted molar refractivity (Wildman–Crippen MR) is 103 cm³/mol.